The average molecular weight is 427 g/mol. The summed E-state index contributed by atoms with van der Waals surface area (Å²) in [4.78, 5) is 24.8. The summed E-state index contributed by atoms with van der Waals surface area (Å²) in [6, 6.07) is 3.06. The molecule has 1 aromatic heterocycles. The lowest BCUT2D eigenvalue weighted by Gasteiger charge is -2.33. The summed E-state index contributed by atoms with van der Waals surface area (Å²) in [5.74, 6) is 0.401. The topological polar surface area (TPSA) is 84.0 Å². The van der Waals surface area contributed by atoms with E-state index < -0.39 is 10.0 Å². The van der Waals surface area contributed by atoms with Crippen molar-refractivity contribution in [2.75, 3.05) is 44.8 Å². The first-order valence-electron chi connectivity index (χ1n) is 7.52. The zero-order valence-electron chi connectivity index (χ0n) is 13.6. The Balaban J connectivity index is 1.79. The van der Waals surface area contributed by atoms with E-state index in [2.05, 4.69) is 4.74 Å². The second-order valence-electron chi connectivity index (χ2n) is 5.22. The van der Waals surface area contributed by atoms with Crippen molar-refractivity contribution < 1.29 is 22.7 Å². The highest BCUT2D eigenvalue weighted by Crippen LogP contribution is 2.28. The molecule has 0 saturated carbocycles. The molecule has 0 unspecified atom stereocenters. The van der Waals surface area contributed by atoms with Gasteiger partial charge in [-0.25, -0.2) is 8.42 Å². The van der Waals surface area contributed by atoms with E-state index >= 15 is 0 Å². The summed E-state index contributed by atoms with van der Waals surface area (Å²) in [6.07, 6.45) is 0.314. The molecular weight excluding hydrogens is 408 g/mol. The molecule has 0 N–H and O–H groups in total. The molecule has 1 aromatic rings. The number of halogens is 1. The van der Waals surface area contributed by atoms with E-state index in [4.69, 9.17) is 11.6 Å². The number of hydrogen-bond acceptors (Lipinski definition) is 7. The standard InChI is InChI=1S/C14H19ClN2O5S3/c1-22-13(19)10-23-9-4-12(18)16-5-7-17(8-6-16)25(20,21)14-3-2-11(15)24-14/h2-3H,4-10H2,1H3. The van der Waals surface area contributed by atoms with Gasteiger partial charge in [0, 0.05) is 38.4 Å². The van der Waals surface area contributed by atoms with Crippen molar-refractivity contribution in [3.05, 3.63) is 16.5 Å². The highest BCUT2D eigenvalue weighted by Gasteiger charge is 2.30. The monoisotopic (exact) mass is 426 g/mol. The third-order valence-electron chi connectivity index (χ3n) is 3.64. The van der Waals surface area contributed by atoms with Gasteiger partial charge in [0.2, 0.25) is 5.91 Å². The normalized spacial score (nSPS) is 16.0. The molecule has 1 saturated heterocycles. The first-order chi connectivity index (χ1) is 11.8. The number of carbonyl (C=O) groups is 2. The summed E-state index contributed by atoms with van der Waals surface area (Å²) in [5, 5.41) is 0. The fraction of sp³-hybridized carbons (Fsp3) is 0.571. The highest BCUT2D eigenvalue weighted by atomic mass is 35.5. The van der Waals surface area contributed by atoms with Gasteiger partial charge in [0.1, 0.15) is 4.21 Å². The van der Waals surface area contributed by atoms with Gasteiger partial charge in [0.25, 0.3) is 10.0 Å². The molecule has 1 fully saturated rings. The lowest BCUT2D eigenvalue weighted by Crippen LogP contribution is -2.50. The number of hydrogen-bond donors (Lipinski definition) is 0. The van der Waals surface area contributed by atoms with E-state index in [-0.39, 0.29) is 34.9 Å². The number of piperazine rings is 1. The molecule has 1 amide bonds. The van der Waals surface area contributed by atoms with Crippen LogP contribution in [0.1, 0.15) is 6.42 Å². The van der Waals surface area contributed by atoms with Crippen molar-refractivity contribution in [1.29, 1.82) is 0 Å². The SMILES string of the molecule is COC(=O)CSCCC(=O)N1CCN(S(=O)(=O)c2ccc(Cl)s2)CC1. The van der Waals surface area contributed by atoms with E-state index in [1.165, 1.54) is 29.2 Å². The predicted molar refractivity (Wildman–Crippen MR) is 98.6 cm³/mol. The largest absolute Gasteiger partial charge is 0.468 e. The number of carbonyl (C=O) groups excluding carboxylic acids is 2. The number of thioether (sulfide) groups is 1. The lowest BCUT2D eigenvalue weighted by molar-refractivity contribution is -0.137. The summed E-state index contributed by atoms with van der Waals surface area (Å²) >= 11 is 8.18. The van der Waals surface area contributed by atoms with Crippen LogP contribution in [0.25, 0.3) is 0 Å². The minimum absolute atomic E-state index is 0.0337. The zero-order valence-corrected chi connectivity index (χ0v) is 16.8. The second-order valence-corrected chi connectivity index (χ2v) is 10.2. The molecule has 0 bridgehead atoms. The third kappa shape index (κ3) is 5.58. The smallest absolute Gasteiger partial charge is 0.315 e. The second kappa shape index (κ2) is 9.22. The van der Waals surface area contributed by atoms with Gasteiger partial charge in [0.05, 0.1) is 17.2 Å². The van der Waals surface area contributed by atoms with Crippen LogP contribution in [0.3, 0.4) is 0 Å². The Bertz CT molecular complexity index is 714. The van der Waals surface area contributed by atoms with Gasteiger partial charge < -0.3 is 9.64 Å². The fourth-order valence-electron chi connectivity index (χ4n) is 2.27. The molecule has 11 heteroatoms. The quantitative estimate of drug-likeness (QED) is 0.485. The maximum atomic E-state index is 12.5. The van der Waals surface area contributed by atoms with Crippen molar-refractivity contribution in [3.8, 4) is 0 Å². The minimum atomic E-state index is -3.55. The van der Waals surface area contributed by atoms with E-state index in [0.717, 1.165) is 11.3 Å². The molecule has 0 atom stereocenters. The Hall–Kier alpha value is -0.810. The number of ether oxygens (including phenoxy) is 1. The van der Waals surface area contributed by atoms with Crippen LogP contribution >= 0.6 is 34.7 Å². The number of methoxy groups -OCH3 is 1. The number of esters is 1. The maximum absolute atomic E-state index is 12.5. The average Bonchev–Trinajstić information content (AvgIpc) is 3.05. The minimum Gasteiger partial charge on any atom is -0.468 e. The summed E-state index contributed by atoms with van der Waals surface area (Å²) in [7, 11) is -2.22. The van der Waals surface area contributed by atoms with Crippen LogP contribution in [0.15, 0.2) is 16.3 Å². The molecular formula is C14H19ClN2O5S3. The number of rotatable bonds is 7. The van der Waals surface area contributed by atoms with Gasteiger partial charge in [0.15, 0.2) is 0 Å². The first-order valence-corrected chi connectivity index (χ1v) is 11.3. The van der Waals surface area contributed by atoms with Crippen molar-refractivity contribution in [2.24, 2.45) is 0 Å². The van der Waals surface area contributed by atoms with Gasteiger partial charge in [-0.05, 0) is 12.1 Å². The van der Waals surface area contributed by atoms with Crippen molar-refractivity contribution in [1.82, 2.24) is 9.21 Å². The van der Waals surface area contributed by atoms with Crippen LogP contribution in [0, 0.1) is 0 Å². The molecule has 0 radical (unpaired) electrons. The van der Waals surface area contributed by atoms with E-state index in [9.17, 15) is 18.0 Å². The Morgan fingerprint density at radius 2 is 1.96 bits per heavy atom. The van der Waals surface area contributed by atoms with E-state index in [1.807, 2.05) is 0 Å². The molecule has 140 valence electrons. The molecule has 0 spiro atoms. The van der Waals surface area contributed by atoms with Crippen LogP contribution in [-0.2, 0) is 24.3 Å². The highest BCUT2D eigenvalue weighted by molar-refractivity contribution is 7.99. The van der Waals surface area contributed by atoms with Crippen LogP contribution in [0.5, 0.6) is 0 Å². The Morgan fingerprint density at radius 1 is 1.28 bits per heavy atom. The molecule has 7 nitrogen and oxygen atoms in total. The number of sulfonamides is 1. The Labute approximate surface area is 160 Å². The molecule has 1 aliphatic rings. The van der Waals surface area contributed by atoms with Gasteiger partial charge in [-0.3, -0.25) is 9.59 Å². The molecule has 1 aliphatic heterocycles. The predicted octanol–water partition coefficient (Wildman–Crippen LogP) is 1.53. The van der Waals surface area contributed by atoms with Crippen molar-refractivity contribution >= 4 is 56.6 Å². The first kappa shape index (κ1) is 20.5. The summed E-state index contributed by atoms with van der Waals surface area (Å²) < 4.78 is 31.6. The Kier molecular flexibility index (Phi) is 7.56. The van der Waals surface area contributed by atoms with Gasteiger partial charge in [-0.15, -0.1) is 23.1 Å². The molecule has 0 aliphatic carbocycles. The maximum Gasteiger partial charge on any atom is 0.315 e. The van der Waals surface area contributed by atoms with Crippen LogP contribution in [-0.4, -0.2) is 74.3 Å². The number of thiophene rings is 1. The molecule has 0 aromatic carbocycles. The third-order valence-corrected chi connectivity index (χ3v) is 8.17. The van der Waals surface area contributed by atoms with Crippen LogP contribution in [0.4, 0.5) is 0 Å². The summed E-state index contributed by atoms with van der Waals surface area (Å²) in [6.45, 7) is 1.25. The molecule has 25 heavy (non-hydrogen) atoms. The van der Waals surface area contributed by atoms with Crippen LogP contribution in [0.2, 0.25) is 4.34 Å². The Morgan fingerprint density at radius 3 is 2.52 bits per heavy atom. The lowest BCUT2D eigenvalue weighted by atomic mass is 10.3. The number of amides is 1. The summed E-state index contributed by atoms with van der Waals surface area (Å²) in [5.41, 5.74) is 0. The molecule has 2 rings (SSSR count). The fourth-order valence-corrected chi connectivity index (χ4v) is 6.08. The zero-order chi connectivity index (χ0) is 18.4. The van der Waals surface area contributed by atoms with E-state index in [1.54, 1.807) is 11.0 Å². The van der Waals surface area contributed by atoms with Gasteiger partial charge in [-0.2, -0.15) is 4.31 Å². The number of nitrogens with zero attached hydrogens (tertiary/aromatic N) is 2. The van der Waals surface area contributed by atoms with Crippen LogP contribution < -0.4 is 0 Å². The van der Waals surface area contributed by atoms with Crippen molar-refractivity contribution in [3.63, 3.8) is 0 Å². The van der Waals surface area contributed by atoms with Gasteiger partial charge in [-0.1, -0.05) is 11.6 Å². The van der Waals surface area contributed by atoms with E-state index in [0.29, 0.717) is 29.6 Å². The van der Waals surface area contributed by atoms with Gasteiger partial charge >= 0.3 is 5.97 Å². The molecule has 2 heterocycles. The van der Waals surface area contributed by atoms with Crippen molar-refractivity contribution in [2.45, 2.75) is 10.6 Å².